The molecular formula is C29H37N5O6S2. The van der Waals surface area contributed by atoms with Gasteiger partial charge in [0.05, 0.1) is 12.6 Å². The predicted octanol–water partition coefficient (Wildman–Crippen LogP) is 1.24. The molecule has 0 radical (unpaired) electrons. The summed E-state index contributed by atoms with van der Waals surface area (Å²) in [6, 6.07) is 7.07. The van der Waals surface area contributed by atoms with Crippen LogP contribution in [0.5, 0.6) is 0 Å². The molecule has 42 heavy (non-hydrogen) atoms. The highest BCUT2D eigenvalue weighted by Gasteiger charge is 2.56. The fraction of sp³-hybridized carbons (Fsp3) is 0.517. The number of benzene rings is 1. The van der Waals surface area contributed by atoms with Crippen molar-refractivity contribution in [2.24, 2.45) is 10.9 Å². The van der Waals surface area contributed by atoms with Crippen LogP contribution in [0.25, 0.3) is 11.1 Å². The Bertz CT molecular complexity index is 1250. The van der Waals surface area contributed by atoms with Gasteiger partial charge in [0, 0.05) is 40.6 Å². The van der Waals surface area contributed by atoms with Crippen LogP contribution < -0.4 is 10.6 Å². The first kappa shape index (κ1) is 31.1. The van der Waals surface area contributed by atoms with Gasteiger partial charge in [0.1, 0.15) is 42.3 Å². The maximum Gasteiger partial charge on any atom is 0.265 e. The van der Waals surface area contributed by atoms with Gasteiger partial charge in [-0.1, -0.05) is 31.2 Å². The minimum Gasteiger partial charge on any atom is -0.388 e. The second-order valence-corrected chi connectivity index (χ2v) is 13.1. The first-order chi connectivity index (χ1) is 20.3. The maximum atomic E-state index is 14.1. The van der Waals surface area contributed by atoms with Crippen LogP contribution in [-0.2, 0) is 14.3 Å². The number of aliphatic imine (C=N–C) groups is 1. The third kappa shape index (κ3) is 6.15. The van der Waals surface area contributed by atoms with Gasteiger partial charge in [-0.15, -0.1) is 23.5 Å². The molecule has 3 aliphatic rings. The molecule has 2 aromatic rings. The molecule has 2 unspecified atom stereocenters. The Morgan fingerprint density at radius 2 is 1.88 bits per heavy atom. The summed E-state index contributed by atoms with van der Waals surface area (Å²) in [6.45, 7) is 6.54. The van der Waals surface area contributed by atoms with E-state index in [1.54, 1.807) is 18.6 Å². The average Bonchev–Trinajstić information content (AvgIpc) is 3.20. The van der Waals surface area contributed by atoms with Gasteiger partial charge in [0.15, 0.2) is 0 Å². The number of aliphatic hydroxyl groups is 3. The molecule has 11 nitrogen and oxygen atoms in total. The normalized spacial score (nSPS) is 34.2. The van der Waals surface area contributed by atoms with Crippen molar-refractivity contribution in [2.45, 2.75) is 71.2 Å². The topological polar surface area (TPSA) is 158 Å². The Morgan fingerprint density at radius 1 is 1.14 bits per heavy atom. The number of hydrogen-bond donors (Lipinski definition) is 5. The van der Waals surface area contributed by atoms with E-state index in [0.717, 1.165) is 22.4 Å². The van der Waals surface area contributed by atoms with Crippen LogP contribution in [0.3, 0.4) is 0 Å². The highest BCUT2D eigenvalue weighted by Crippen LogP contribution is 2.37. The van der Waals surface area contributed by atoms with Crippen LogP contribution in [0.4, 0.5) is 0 Å². The van der Waals surface area contributed by atoms with Crippen LogP contribution in [0.1, 0.15) is 13.3 Å². The minimum absolute atomic E-state index is 0.0353. The van der Waals surface area contributed by atoms with Crippen molar-refractivity contribution in [3.63, 3.8) is 0 Å². The van der Waals surface area contributed by atoms with Crippen LogP contribution in [-0.4, -0.2) is 110 Å². The molecule has 3 aliphatic heterocycles. The minimum atomic E-state index is -1.46. The molecule has 0 bridgehead atoms. The number of aromatic nitrogens is 2. The van der Waals surface area contributed by atoms with E-state index in [0.29, 0.717) is 13.2 Å². The molecule has 5 N–H and O–H groups in total. The van der Waals surface area contributed by atoms with E-state index in [1.165, 1.54) is 29.9 Å². The predicted molar refractivity (Wildman–Crippen MR) is 162 cm³/mol. The molecule has 13 heteroatoms. The van der Waals surface area contributed by atoms with Gasteiger partial charge in [-0.3, -0.25) is 15.1 Å². The van der Waals surface area contributed by atoms with Gasteiger partial charge in [0.25, 0.3) is 5.91 Å². The lowest BCUT2D eigenvalue weighted by Gasteiger charge is -2.45. The van der Waals surface area contributed by atoms with Crippen molar-refractivity contribution in [2.75, 3.05) is 19.4 Å². The van der Waals surface area contributed by atoms with Gasteiger partial charge >= 0.3 is 0 Å². The number of fused-ring (bicyclic) bond motifs is 1. The number of hydrogen-bond acceptors (Lipinski definition) is 12. The summed E-state index contributed by atoms with van der Waals surface area (Å²) >= 11 is 2.70. The van der Waals surface area contributed by atoms with E-state index < -0.39 is 53.6 Å². The second-order valence-electron chi connectivity index (χ2n) is 10.7. The van der Waals surface area contributed by atoms with Gasteiger partial charge in [-0.2, -0.15) is 0 Å². The SMILES string of the molecule is C=N[C@]1(C(=O)N[C@@H]([C@H]2OC(SC)[C@H](O)C(O)[C@@H]2O)[C@H](C)Sc2ccc(-c3cncnc3)cc2)NC[C@@H]2CC=CCO[C@H]21. The highest BCUT2D eigenvalue weighted by atomic mass is 32.2. The Hall–Kier alpha value is -2.36. The molecule has 2 fully saturated rings. The summed E-state index contributed by atoms with van der Waals surface area (Å²) in [5, 5.41) is 38.3. The first-order valence-corrected chi connectivity index (χ1v) is 16.0. The number of carbonyl (C=O) groups is 1. The van der Waals surface area contributed by atoms with Crippen LogP contribution in [0.15, 0.2) is 65.0 Å². The zero-order chi connectivity index (χ0) is 29.9. The van der Waals surface area contributed by atoms with Crippen molar-refractivity contribution >= 4 is 36.1 Å². The molecule has 0 saturated carbocycles. The van der Waals surface area contributed by atoms with E-state index in [4.69, 9.17) is 9.47 Å². The van der Waals surface area contributed by atoms with Crippen molar-refractivity contribution in [1.82, 2.24) is 20.6 Å². The molecular weight excluding hydrogens is 578 g/mol. The molecule has 226 valence electrons. The van der Waals surface area contributed by atoms with E-state index >= 15 is 0 Å². The number of nitrogens with one attached hydrogen (secondary N) is 2. The number of aliphatic hydroxyl groups excluding tert-OH is 3. The fourth-order valence-electron chi connectivity index (χ4n) is 5.78. The van der Waals surface area contributed by atoms with Crippen molar-refractivity contribution in [1.29, 1.82) is 0 Å². The summed E-state index contributed by atoms with van der Waals surface area (Å²) in [5.41, 5.74) is -0.381. The van der Waals surface area contributed by atoms with Crippen LogP contribution in [0, 0.1) is 5.92 Å². The quantitative estimate of drug-likeness (QED) is 0.157. The molecule has 0 spiro atoms. The Kier molecular flexibility index (Phi) is 10.0. The maximum absolute atomic E-state index is 14.1. The third-order valence-corrected chi connectivity index (χ3v) is 10.2. The molecule has 2 saturated heterocycles. The molecule has 5 rings (SSSR count). The lowest BCUT2D eigenvalue weighted by Crippen LogP contribution is -2.68. The largest absolute Gasteiger partial charge is 0.388 e. The summed E-state index contributed by atoms with van der Waals surface area (Å²) in [5.74, 6) is -0.422. The number of allylic oxidation sites excluding steroid dienone is 1. The average molecular weight is 616 g/mol. The third-order valence-electron chi connectivity index (χ3n) is 8.11. The summed E-state index contributed by atoms with van der Waals surface area (Å²) in [7, 11) is 0. The molecule has 4 heterocycles. The zero-order valence-corrected chi connectivity index (χ0v) is 25.1. The standard InChI is InChI=1S/C29H37N5O6S2/c1-16(42-20-9-7-17(8-10-20)19-12-31-15-32-13-19)21(25-23(36)22(35)24(37)27(40-25)41-3)34-28(38)29(30-2)26-18(14-33-29)6-4-5-11-39-26/h4-5,7-10,12-13,15-16,18,21-27,33,35-37H,2,6,11,14H2,1,3H3,(H,34,38)/t16-,18-,21+,22?,23-,24+,25+,26+,27?,29-/m0/s1. The summed E-state index contributed by atoms with van der Waals surface area (Å²) in [6.07, 6.45) is 5.68. The number of amides is 1. The van der Waals surface area contributed by atoms with E-state index in [-0.39, 0.29) is 11.2 Å². The smallest absolute Gasteiger partial charge is 0.265 e. The van der Waals surface area contributed by atoms with Crippen molar-refractivity contribution in [3.8, 4) is 11.1 Å². The molecule has 0 aliphatic carbocycles. The lowest BCUT2D eigenvalue weighted by atomic mass is 9.91. The lowest BCUT2D eigenvalue weighted by molar-refractivity contribution is -0.205. The van der Waals surface area contributed by atoms with Crippen LogP contribution in [0.2, 0.25) is 0 Å². The Labute approximate surface area is 253 Å². The molecule has 1 amide bonds. The van der Waals surface area contributed by atoms with Gasteiger partial charge in [0.2, 0.25) is 5.66 Å². The molecule has 10 atom stereocenters. The van der Waals surface area contributed by atoms with Gasteiger partial charge in [-0.25, -0.2) is 9.97 Å². The van der Waals surface area contributed by atoms with Gasteiger partial charge < -0.3 is 30.1 Å². The zero-order valence-electron chi connectivity index (χ0n) is 23.4. The Morgan fingerprint density at radius 3 is 2.57 bits per heavy atom. The molecule has 1 aromatic heterocycles. The highest BCUT2D eigenvalue weighted by molar-refractivity contribution is 8.00. The molecule has 1 aromatic carbocycles. The summed E-state index contributed by atoms with van der Waals surface area (Å²) < 4.78 is 12.2. The van der Waals surface area contributed by atoms with E-state index in [9.17, 15) is 20.1 Å². The number of nitrogens with zero attached hydrogens (tertiary/aromatic N) is 3. The number of rotatable bonds is 9. The Balaban J connectivity index is 1.41. The number of thioether (sulfide) groups is 2. The number of ether oxygens (including phenoxy) is 2. The first-order valence-electron chi connectivity index (χ1n) is 13.8. The van der Waals surface area contributed by atoms with Gasteiger partial charge in [-0.05, 0) is 37.1 Å². The summed E-state index contributed by atoms with van der Waals surface area (Å²) in [4.78, 5) is 27.4. The van der Waals surface area contributed by atoms with E-state index in [2.05, 4.69) is 32.3 Å². The second kappa shape index (κ2) is 13.5. The van der Waals surface area contributed by atoms with E-state index in [1.807, 2.05) is 43.3 Å². The monoisotopic (exact) mass is 615 g/mol. The van der Waals surface area contributed by atoms with Crippen LogP contribution >= 0.6 is 23.5 Å². The van der Waals surface area contributed by atoms with Crippen molar-refractivity contribution < 1.29 is 29.6 Å². The van der Waals surface area contributed by atoms with Crippen molar-refractivity contribution in [3.05, 3.63) is 55.1 Å². The number of carbonyl (C=O) groups excluding carboxylic acids is 1. The fourth-order valence-corrected chi connectivity index (χ4v) is 7.55.